The molecule has 3 rings (SSSR count). The molecule has 3 aromatic rings. The molecule has 0 radical (unpaired) electrons. The van der Waals surface area contributed by atoms with Crippen LogP contribution in [-0.4, -0.2) is 4.98 Å². The lowest BCUT2D eigenvalue weighted by atomic mass is 10.1. The highest BCUT2D eigenvalue weighted by atomic mass is 35.5. The van der Waals surface area contributed by atoms with E-state index in [1.807, 2.05) is 43.3 Å². The molecule has 0 aliphatic heterocycles. The summed E-state index contributed by atoms with van der Waals surface area (Å²) in [5, 5.41) is 1.72. The number of benzene rings is 2. The van der Waals surface area contributed by atoms with Gasteiger partial charge in [0, 0.05) is 22.2 Å². The van der Waals surface area contributed by atoms with Crippen molar-refractivity contribution in [1.29, 1.82) is 0 Å². The van der Waals surface area contributed by atoms with Crippen molar-refractivity contribution in [3.63, 3.8) is 0 Å². The van der Waals surface area contributed by atoms with E-state index in [9.17, 15) is 0 Å². The number of aryl methyl sites for hydroxylation is 2. The van der Waals surface area contributed by atoms with E-state index in [2.05, 4.69) is 24.0 Å². The highest BCUT2D eigenvalue weighted by Gasteiger charge is 2.07. The molecule has 1 aromatic heterocycles. The van der Waals surface area contributed by atoms with Gasteiger partial charge in [-0.2, -0.15) is 0 Å². The molecule has 0 N–H and O–H groups in total. The zero-order valence-electron chi connectivity index (χ0n) is 11.4. The van der Waals surface area contributed by atoms with Gasteiger partial charge in [-0.05, 0) is 50.2 Å². The second-order valence-corrected chi connectivity index (χ2v) is 5.27. The largest absolute Gasteiger partial charge is 0.457 e. The van der Waals surface area contributed by atoms with Gasteiger partial charge in [0.15, 0.2) is 0 Å². The lowest BCUT2D eigenvalue weighted by Crippen LogP contribution is -1.91. The Kier molecular flexibility index (Phi) is 3.33. The molecule has 0 atom stereocenters. The Hall–Kier alpha value is -2.06. The van der Waals surface area contributed by atoms with E-state index in [4.69, 9.17) is 16.3 Å². The van der Waals surface area contributed by atoms with Gasteiger partial charge in [-0.15, -0.1) is 0 Å². The second kappa shape index (κ2) is 5.14. The molecule has 0 amide bonds. The van der Waals surface area contributed by atoms with Crippen molar-refractivity contribution < 1.29 is 4.74 Å². The summed E-state index contributed by atoms with van der Waals surface area (Å²) in [5.74, 6) is 1.58. The standard InChI is InChI=1S/C17H14ClNO/c1-11-3-8-16-15(9-11)17(10-12(2)19-16)20-14-6-4-13(18)5-7-14/h3-10H,1-2H3. The van der Waals surface area contributed by atoms with E-state index in [0.29, 0.717) is 5.02 Å². The fourth-order valence-electron chi connectivity index (χ4n) is 2.15. The summed E-state index contributed by atoms with van der Waals surface area (Å²) < 4.78 is 5.98. The Morgan fingerprint density at radius 1 is 0.950 bits per heavy atom. The molecule has 0 aliphatic carbocycles. The number of aromatic nitrogens is 1. The number of fused-ring (bicyclic) bond motifs is 1. The lowest BCUT2D eigenvalue weighted by Gasteiger charge is -2.10. The number of ether oxygens (including phenoxy) is 1. The maximum absolute atomic E-state index is 5.98. The minimum absolute atomic E-state index is 0.698. The number of halogens is 1. The number of rotatable bonds is 2. The Morgan fingerprint density at radius 2 is 1.70 bits per heavy atom. The van der Waals surface area contributed by atoms with Gasteiger partial charge >= 0.3 is 0 Å². The Morgan fingerprint density at radius 3 is 2.45 bits per heavy atom. The zero-order valence-corrected chi connectivity index (χ0v) is 12.1. The van der Waals surface area contributed by atoms with Gasteiger partial charge in [-0.25, -0.2) is 0 Å². The van der Waals surface area contributed by atoms with Gasteiger partial charge in [0.2, 0.25) is 0 Å². The molecule has 0 unspecified atom stereocenters. The van der Waals surface area contributed by atoms with Crippen LogP contribution in [0.3, 0.4) is 0 Å². The van der Waals surface area contributed by atoms with Crippen molar-refractivity contribution in [2.45, 2.75) is 13.8 Å². The highest BCUT2D eigenvalue weighted by molar-refractivity contribution is 6.30. The monoisotopic (exact) mass is 283 g/mol. The summed E-state index contributed by atoms with van der Waals surface area (Å²) in [4.78, 5) is 4.53. The Balaban J connectivity index is 2.10. The summed E-state index contributed by atoms with van der Waals surface area (Å²) in [5.41, 5.74) is 3.06. The molecule has 0 spiro atoms. The minimum Gasteiger partial charge on any atom is -0.457 e. The quantitative estimate of drug-likeness (QED) is 0.637. The van der Waals surface area contributed by atoms with Gasteiger partial charge in [0.1, 0.15) is 11.5 Å². The summed E-state index contributed by atoms with van der Waals surface area (Å²) in [7, 11) is 0. The Labute approximate surface area is 123 Å². The van der Waals surface area contributed by atoms with Gasteiger partial charge < -0.3 is 4.74 Å². The average Bonchev–Trinajstić information content (AvgIpc) is 2.42. The lowest BCUT2D eigenvalue weighted by molar-refractivity contribution is 0.487. The summed E-state index contributed by atoms with van der Waals surface area (Å²) in [6, 6.07) is 15.5. The van der Waals surface area contributed by atoms with E-state index < -0.39 is 0 Å². The third kappa shape index (κ3) is 2.61. The minimum atomic E-state index is 0.698. The van der Waals surface area contributed by atoms with Gasteiger partial charge in [-0.1, -0.05) is 23.2 Å². The molecule has 0 aliphatic rings. The van der Waals surface area contributed by atoms with Gasteiger partial charge in [-0.3, -0.25) is 4.98 Å². The zero-order chi connectivity index (χ0) is 14.1. The number of hydrogen-bond donors (Lipinski definition) is 0. The molecular weight excluding hydrogens is 270 g/mol. The molecule has 100 valence electrons. The van der Waals surface area contributed by atoms with Crippen LogP contribution in [0.4, 0.5) is 0 Å². The molecule has 2 nitrogen and oxygen atoms in total. The van der Waals surface area contributed by atoms with Crippen LogP contribution in [-0.2, 0) is 0 Å². The van der Waals surface area contributed by atoms with Gasteiger partial charge in [0.25, 0.3) is 0 Å². The third-order valence-corrected chi connectivity index (χ3v) is 3.35. The van der Waals surface area contributed by atoms with E-state index >= 15 is 0 Å². The van der Waals surface area contributed by atoms with Crippen LogP contribution >= 0.6 is 11.6 Å². The number of pyridine rings is 1. The van der Waals surface area contributed by atoms with Gasteiger partial charge in [0.05, 0.1) is 5.52 Å². The van der Waals surface area contributed by atoms with Crippen molar-refractivity contribution in [3.05, 3.63) is 64.8 Å². The maximum Gasteiger partial charge on any atom is 0.138 e. The van der Waals surface area contributed by atoms with E-state index in [1.165, 1.54) is 5.56 Å². The second-order valence-electron chi connectivity index (χ2n) is 4.84. The van der Waals surface area contributed by atoms with Crippen LogP contribution in [0.2, 0.25) is 5.02 Å². The fraction of sp³-hybridized carbons (Fsp3) is 0.118. The van der Waals surface area contributed by atoms with Crippen molar-refractivity contribution in [3.8, 4) is 11.5 Å². The van der Waals surface area contributed by atoms with Crippen molar-refractivity contribution >= 4 is 22.5 Å². The highest BCUT2D eigenvalue weighted by Crippen LogP contribution is 2.31. The summed E-state index contributed by atoms with van der Waals surface area (Å²) >= 11 is 5.89. The van der Waals surface area contributed by atoms with Crippen LogP contribution in [0.15, 0.2) is 48.5 Å². The van der Waals surface area contributed by atoms with Crippen molar-refractivity contribution in [1.82, 2.24) is 4.98 Å². The molecule has 0 saturated carbocycles. The molecule has 20 heavy (non-hydrogen) atoms. The molecule has 0 bridgehead atoms. The van der Waals surface area contributed by atoms with Crippen LogP contribution in [0.5, 0.6) is 11.5 Å². The molecule has 1 heterocycles. The average molecular weight is 284 g/mol. The van der Waals surface area contributed by atoms with Crippen LogP contribution < -0.4 is 4.74 Å². The summed E-state index contributed by atoms with van der Waals surface area (Å²) in [6.07, 6.45) is 0. The first-order valence-electron chi connectivity index (χ1n) is 6.43. The molecule has 0 fully saturated rings. The smallest absolute Gasteiger partial charge is 0.138 e. The predicted molar refractivity (Wildman–Crippen MR) is 82.7 cm³/mol. The number of nitrogens with zero attached hydrogens (tertiary/aromatic N) is 1. The maximum atomic E-state index is 5.98. The van der Waals surface area contributed by atoms with Crippen LogP contribution in [0.1, 0.15) is 11.3 Å². The first-order valence-corrected chi connectivity index (χ1v) is 6.81. The fourth-order valence-corrected chi connectivity index (χ4v) is 2.27. The normalized spacial score (nSPS) is 10.8. The van der Waals surface area contributed by atoms with Crippen molar-refractivity contribution in [2.24, 2.45) is 0 Å². The first-order chi connectivity index (χ1) is 9.61. The van der Waals surface area contributed by atoms with Crippen LogP contribution in [0.25, 0.3) is 10.9 Å². The van der Waals surface area contributed by atoms with Crippen molar-refractivity contribution in [2.75, 3.05) is 0 Å². The Bertz CT molecular complexity index is 766. The molecule has 0 saturated heterocycles. The first kappa shape index (κ1) is 12.9. The third-order valence-electron chi connectivity index (χ3n) is 3.10. The van der Waals surface area contributed by atoms with E-state index in [-0.39, 0.29) is 0 Å². The van der Waals surface area contributed by atoms with E-state index in [0.717, 1.165) is 28.1 Å². The molecule has 2 aromatic carbocycles. The molecular formula is C17H14ClNO. The topological polar surface area (TPSA) is 22.1 Å². The molecule has 3 heteroatoms. The number of hydrogen-bond acceptors (Lipinski definition) is 2. The van der Waals surface area contributed by atoms with E-state index in [1.54, 1.807) is 0 Å². The summed E-state index contributed by atoms with van der Waals surface area (Å²) in [6.45, 7) is 4.03. The predicted octanol–water partition coefficient (Wildman–Crippen LogP) is 5.30. The van der Waals surface area contributed by atoms with Crippen LogP contribution in [0, 0.1) is 13.8 Å². The SMILES string of the molecule is Cc1ccc2nc(C)cc(Oc3ccc(Cl)cc3)c2c1.